The van der Waals surface area contributed by atoms with Gasteiger partial charge < -0.3 is 18.6 Å². The Morgan fingerprint density at radius 2 is 0.958 bits per heavy atom. The van der Waals surface area contributed by atoms with Gasteiger partial charge in [0.1, 0.15) is 16.7 Å². The summed E-state index contributed by atoms with van der Waals surface area (Å²) in [7, 11) is 0. The number of anilines is 6. The minimum atomic E-state index is -0.151. The molecule has 0 saturated carbocycles. The van der Waals surface area contributed by atoms with Crippen molar-refractivity contribution in [2.45, 2.75) is 161 Å². The monoisotopic (exact) mass is 945 g/mol. The molecule has 0 radical (unpaired) electrons. The zero-order valence-corrected chi connectivity index (χ0v) is 44.9. The SMILES string of the molecule is Cc1cc2c3c(c1)N(c1cccc4oc5cc6ccccc6cc5c14)c1cc4c(cc1B3c1oc3cc5c(cc3c1N2c1ccc2c(c1)C(C)(C)CCC2(C)C)C(C)(C)CCC5(C)C)C(C)(C)CCC4(C)C. The molecule has 14 rings (SSSR count). The molecular formula is C67H69BN2O2. The van der Waals surface area contributed by atoms with Gasteiger partial charge in [-0.1, -0.05) is 126 Å². The van der Waals surface area contributed by atoms with Crippen LogP contribution in [0.3, 0.4) is 0 Å². The molecule has 9 aromatic rings. The number of hydrogen-bond donors (Lipinski definition) is 0. The number of fused-ring (bicyclic) bond motifs is 13. The van der Waals surface area contributed by atoms with Crippen molar-refractivity contribution in [3.63, 3.8) is 0 Å². The number of nitrogens with zero attached hydrogens (tertiary/aromatic N) is 2. The van der Waals surface area contributed by atoms with Crippen molar-refractivity contribution in [1.29, 1.82) is 0 Å². The van der Waals surface area contributed by atoms with Crippen LogP contribution in [0.15, 0.2) is 118 Å². The Kier molecular flexibility index (Phi) is 8.71. The summed E-state index contributed by atoms with van der Waals surface area (Å²) in [5.74, 6) is 0. The fourth-order valence-corrected chi connectivity index (χ4v) is 14.7. The molecule has 0 saturated heterocycles. The van der Waals surface area contributed by atoms with Gasteiger partial charge in [-0.2, -0.15) is 0 Å². The third-order valence-electron chi connectivity index (χ3n) is 19.4. The quantitative estimate of drug-likeness (QED) is 0.162. The van der Waals surface area contributed by atoms with Crippen LogP contribution in [0.25, 0.3) is 43.7 Å². The summed E-state index contributed by atoms with van der Waals surface area (Å²) in [4.78, 5) is 5.28. The van der Waals surface area contributed by atoms with Gasteiger partial charge in [0, 0.05) is 33.5 Å². The number of hydrogen-bond acceptors (Lipinski definition) is 4. The minimum absolute atomic E-state index is 0.000265. The number of aryl methyl sites for hydroxylation is 1. The Balaban J connectivity index is 1.13. The fourth-order valence-electron chi connectivity index (χ4n) is 14.7. The lowest BCUT2D eigenvalue weighted by atomic mass is 9.35. The lowest BCUT2D eigenvalue weighted by molar-refractivity contribution is 0.332. The first-order valence-corrected chi connectivity index (χ1v) is 27.1. The zero-order valence-electron chi connectivity index (χ0n) is 44.9. The second kappa shape index (κ2) is 14.1. The van der Waals surface area contributed by atoms with E-state index in [2.05, 4.69) is 209 Å². The van der Waals surface area contributed by atoms with Crippen LogP contribution in [-0.4, -0.2) is 6.71 Å². The predicted molar refractivity (Wildman–Crippen MR) is 306 cm³/mol. The zero-order chi connectivity index (χ0) is 50.0. The van der Waals surface area contributed by atoms with Crippen LogP contribution in [0.4, 0.5) is 34.1 Å². The minimum Gasteiger partial charge on any atom is -0.468 e. The number of rotatable bonds is 2. The molecule has 3 aliphatic carbocycles. The van der Waals surface area contributed by atoms with Gasteiger partial charge >= 0.3 is 0 Å². The molecule has 7 aromatic carbocycles. The van der Waals surface area contributed by atoms with Gasteiger partial charge in [-0.05, 0) is 205 Å². The highest BCUT2D eigenvalue weighted by Crippen LogP contribution is 2.56. The molecule has 72 heavy (non-hydrogen) atoms. The smallest absolute Gasteiger partial charge is 0.297 e. The molecule has 0 amide bonds. The van der Waals surface area contributed by atoms with E-state index in [1.165, 1.54) is 101 Å². The van der Waals surface area contributed by atoms with E-state index in [0.29, 0.717) is 0 Å². The van der Waals surface area contributed by atoms with E-state index in [1.54, 1.807) is 0 Å². The molecule has 0 atom stereocenters. The van der Waals surface area contributed by atoms with E-state index in [0.717, 1.165) is 71.0 Å². The van der Waals surface area contributed by atoms with Gasteiger partial charge in [0.05, 0.1) is 22.4 Å². The molecule has 0 fully saturated rings. The fraction of sp³-hybridized carbons (Fsp3) is 0.373. The molecule has 0 unspecified atom stereocenters. The maximum Gasteiger partial charge on any atom is 0.297 e. The first-order valence-electron chi connectivity index (χ1n) is 27.1. The topological polar surface area (TPSA) is 32.8 Å². The van der Waals surface area contributed by atoms with Crippen molar-refractivity contribution in [2.75, 3.05) is 9.80 Å². The maximum absolute atomic E-state index is 7.75. The van der Waals surface area contributed by atoms with Crippen LogP contribution in [0, 0.1) is 6.92 Å². The van der Waals surface area contributed by atoms with Crippen LogP contribution < -0.4 is 26.4 Å². The number of furan rings is 2. The Bertz CT molecular complexity index is 3870. The average Bonchev–Trinajstić information content (AvgIpc) is 3.89. The summed E-state index contributed by atoms with van der Waals surface area (Å²) < 4.78 is 14.6. The standard InChI is InChI=1S/C67H69BN2O2/c1-38-29-53-59-54(30-38)70(51-19-16-20-55-58(51)42-31-39-17-14-15-18-40(39)32-56(42)71-55)52-36-48-47(65(8,9)26-27-66(48,10)11)35-50(52)68(59)61-60(43-34-46-49(37-57(43)72-61)67(12,13)28-25-64(46,6)7)69(53)41-21-22-44-45(33-41)63(4,5)24-23-62(44,2)3/h14-22,29-37H,23-28H2,1-13H3. The molecule has 2 aromatic heterocycles. The highest BCUT2D eigenvalue weighted by molar-refractivity contribution is 7.00. The van der Waals surface area contributed by atoms with Gasteiger partial charge in [0.15, 0.2) is 0 Å². The van der Waals surface area contributed by atoms with Crippen LogP contribution in [0.1, 0.15) is 161 Å². The largest absolute Gasteiger partial charge is 0.468 e. The molecule has 0 spiro atoms. The average molecular weight is 945 g/mol. The molecule has 4 heterocycles. The van der Waals surface area contributed by atoms with Gasteiger partial charge in [0.2, 0.25) is 0 Å². The second-order valence-electron chi connectivity index (χ2n) is 27.0. The Morgan fingerprint density at radius 3 is 1.61 bits per heavy atom. The van der Waals surface area contributed by atoms with Gasteiger partial charge in [0.25, 0.3) is 6.71 Å². The normalized spacial score (nSPS) is 20.3. The van der Waals surface area contributed by atoms with Crippen LogP contribution in [0.5, 0.6) is 0 Å². The van der Waals surface area contributed by atoms with Crippen molar-refractivity contribution in [3.05, 3.63) is 148 Å². The van der Waals surface area contributed by atoms with E-state index in [9.17, 15) is 0 Å². The van der Waals surface area contributed by atoms with E-state index < -0.39 is 0 Å². The van der Waals surface area contributed by atoms with Crippen LogP contribution in [0.2, 0.25) is 0 Å². The van der Waals surface area contributed by atoms with Gasteiger partial charge in [-0.3, -0.25) is 0 Å². The Morgan fingerprint density at radius 1 is 0.417 bits per heavy atom. The number of benzene rings is 7. The summed E-state index contributed by atoms with van der Waals surface area (Å²) in [5, 5.41) is 5.89. The maximum atomic E-state index is 7.75. The molecule has 5 heteroatoms. The first-order chi connectivity index (χ1) is 34.0. The second-order valence-corrected chi connectivity index (χ2v) is 27.0. The third-order valence-corrected chi connectivity index (χ3v) is 19.4. The predicted octanol–water partition coefficient (Wildman–Crippen LogP) is 16.9. The summed E-state index contributed by atoms with van der Waals surface area (Å²) in [6.45, 7) is 31.6. The van der Waals surface area contributed by atoms with Crippen molar-refractivity contribution in [3.8, 4) is 0 Å². The molecule has 0 N–H and O–H groups in total. The Labute approximate surface area is 426 Å². The van der Waals surface area contributed by atoms with Crippen molar-refractivity contribution >= 4 is 101 Å². The molecule has 4 nitrogen and oxygen atoms in total. The van der Waals surface area contributed by atoms with Crippen molar-refractivity contribution in [1.82, 2.24) is 0 Å². The molecular weight excluding hydrogens is 876 g/mol. The highest BCUT2D eigenvalue weighted by atomic mass is 16.3. The third kappa shape index (κ3) is 6.00. The highest BCUT2D eigenvalue weighted by Gasteiger charge is 2.50. The van der Waals surface area contributed by atoms with E-state index in [4.69, 9.17) is 8.83 Å². The molecule has 5 aliphatic rings. The van der Waals surface area contributed by atoms with E-state index in [1.807, 2.05) is 0 Å². The molecule has 2 aliphatic heterocycles. The van der Waals surface area contributed by atoms with Gasteiger partial charge in [-0.25, -0.2) is 0 Å². The van der Waals surface area contributed by atoms with Crippen molar-refractivity contribution < 1.29 is 8.83 Å². The van der Waals surface area contributed by atoms with Crippen molar-refractivity contribution in [2.24, 2.45) is 0 Å². The lowest BCUT2D eigenvalue weighted by Crippen LogP contribution is -2.61. The van der Waals surface area contributed by atoms with Crippen LogP contribution in [-0.2, 0) is 32.5 Å². The summed E-state index contributed by atoms with van der Waals surface area (Å²) in [6.07, 6.45) is 6.92. The van der Waals surface area contributed by atoms with E-state index in [-0.39, 0.29) is 39.2 Å². The van der Waals surface area contributed by atoms with Gasteiger partial charge in [-0.15, -0.1) is 0 Å². The molecule has 362 valence electrons. The van der Waals surface area contributed by atoms with Crippen LogP contribution >= 0.6 is 0 Å². The van der Waals surface area contributed by atoms with E-state index >= 15 is 0 Å². The Hall–Kier alpha value is -6.20. The summed E-state index contributed by atoms with van der Waals surface area (Å²) in [5.41, 5.74) is 23.8. The molecule has 0 bridgehead atoms. The first kappa shape index (κ1) is 44.5. The lowest BCUT2D eigenvalue weighted by Gasteiger charge is -2.47. The summed E-state index contributed by atoms with van der Waals surface area (Å²) in [6, 6.07) is 42.7. The summed E-state index contributed by atoms with van der Waals surface area (Å²) >= 11 is 0.